The summed E-state index contributed by atoms with van der Waals surface area (Å²) < 4.78 is 29.9. The third-order valence-electron chi connectivity index (χ3n) is 3.78. The molecule has 0 aliphatic heterocycles. The Morgan fingerprint density at radius 3 is 2.34 bits per heavy atom. The van der Waals surface area contributed by atoms with Crippen LogP contribution in [0, 0.1) is 5.41 Å². The van der Waals surface area contributed by atoms with Crippen LogP contribution in [0.15, 0.2) is 47.4 Å². The molecule has 11 heteroatoms. The van der Waals surface area contributed by atoms with Gasteiger partial charge in [-0.15, -0.1) is 0 Å². The molecule has 0 spiro atoms. The summed E-state index contributed by atoms with van der Waals surface area (Å²) >= 11 is 0. The number of rotatable bonds is 7. The molecular formula is C18H20N4O6S. The second-order valence-corrected chi connectivity index (χ2v) is 8.18. The first-order valence-electron chi connectivity index (χ1n) is 8.22. The van der Waals surface area contributed by atoms with Crippen molar-refractivity contribution in [3.05, 3.63) is 53.6 Å². The van der Waals surface area contributed by atoms with Crippen LogP contribution in [-0.4, -0.2) is 43.7 Å². The van der Waals surface area contributed by atoms with Crippen molar-refractivity contribution in [3.8, 4) is 11.5 Å². The molecule has 2 rings (SSSR count). The van der Waals surface area contributed by atoms with Gasteiger partial charge < -0.3 is 21.3 Å². The summed E-state index contributed by atoms with van der Waals surface area (Å²) in [7, 11) is -3.74. The molecule has 1 amide bonds. The zero-order valence-corrected chi connectivity index (χ0v) is 16.2. The number of hydrogen-bond donors (Lipinski definition) is 5. The summed E-state index contributed by atoms with van der Waals surface area (Å²) in [5.41, 5.74) is 11.3. The monoisotopic (exact) mass is 420 g/mol. The predicted molar refractivity (Wildman–Crippen MR) is 105 cm³/mol. The van der Waals surface area contributed by atoms with Crippen molar-refractivity contribution in [2.75, 3.05) is 6.26 Å². The lowest BCUT2D eigenvalue weighted by Crippen LogP contribution is -2.35. The molecule has 0 radical (unpaired) electrons. The maximum Gasteiger partial charge on any atom is 0.320 e. The quantitative estimate of drug-likeness (QED) is 0.316. The summed E-state index contributed by atoms with van der Waals surface area (Å²) in [5, 5.41) is 18.0. The van der Waals surface area contributed by atoms with E-state index in [1.54, 1.807) is 24.3 Å². The van der Waals surface area contributed by atoms with Gasteiger partial charge in [0.1, 0.15) is 22.4 Å². The number of ether oxygens (including phenoxy) is 1. The van der Waals surface area contributed by atoms with Gasteiger partial charge in [-0.05, 0) is 42.3 Å². The standard InChI is InChI=1S/C18H20N4O6S/c1-29(26,27)15-9-11(16(23)22-18(20)21)4-7-14(15)28-12-5-2-10(3-6-12)8-13(19)17(24)25/h2-7,9,13H,8,19H2,1H3,(H,24,25)(H4,20,21,22,23)/t13-/m0/s1. The van der Waals surface area contributed by atoms with Crippen LogP contribution in [0.2, 0.25) is 0 Å². The molecule has 0 fully saturated rings. The molecule has 2 aromatic carbocycles. The first-order chi connectivity index (χ1) is 13.5. The molecular weight excluding hydrogens is 400 g/mol. The molecule has 0 saturated heterocycles. The van der Waals surface area contributed by atoms with Gasteiger partial charge in [0, 0.05) is 11.8 Å². The normalized spacial score (nSPS) is 12.1. The number of carboxylic acid groups (broad SMARTS) is 1. The fourth-order valence-electron chi connectivity index (χ4n) is 2.38. The lowest BCUT2D eigenvalue weighted by molar-refractivity contribution is -0.138. The van der Waals surface area contributed by atoms with Gasteiger partial charge in [0.15, 0.2) is 15.8 Å². The minimum atomic E-state index is -3.74. The van der Waals surface area contributed by atoms with E-state index in [1.807, 2.05) is 0 Å². The maximum atomic E-state index is 12.1. The van der Waals surface area contributed by atoms with Crippen molar-refractivity contribution in [1.82, 2.24) is 5.32 Å². The molecule has 0 aromatic heterocycles. The Balaban J connectivity index is 2.29. The van der Waals surface area contributed by atoms with Gasteiger partial charge in [-0.25, -0.2) is 8.42 Å². The molecule has 0 aliphatic carbocycles. The molecule has 0 unspecified atom stereocenters. The third-order valence-corrected chi connectivity index (χ3v) is 4.90. The van der Waals surface area contributed by atoms with Crippen molar-refractivity contribution in [2.45, 2.75) is 17.4 Å². The second-order valence-electron chi connectivity index (χ2n) is 6.20. The van der Waals surface area contributed by atoms with Crippen LogP contribution in [0.3, 0.4) is 0 Å². The highest BCUT2D eigenvalue weighted by Gasteiger charge is 2.19. The Morgan fingerprint density at radius 1 is 1.21 bits per heavy atom. The van der Waals surface area contributed by atoms with Crippen LogP contribution in [0.1, 0.15) is 15.9 Å². The Kier molecular flexibility index (Phi) is 6.56. The number of guanidine groups is 1. The predicted octanol–water partition coefficient (Wildman–Crippen LogP) is 0.460. The zero-order valence-electron chi connectivity index (χ0n) is 15.4. The van der Waals surface area contributed by atoms with E-state index in [0.29, 0.717) is 11.3 Å². The molecule has 7 N–H and O–H groups in total. The Hall–Kier alpha value is -3.44. The number of sulfone groups is 1. The van der Waals surface area contributed by atoms with Crippen molar-refractivity contribution in [2.24, 2.45) is 11.5 Å². The summed E-state index contributed by atoms with van der Waals surface area (Å²) in [6, 6.07) is 9.08. The number of hydrogen-bond acceptors (Lipinski definition) is 7. The van der Waals surface area contributed by atoms with Gasteiger partial charge in [0.05, 0.1) is 0 Å². The Labute approximate surface area is 166 Å². The van der Waals surface area contributed by atoms with E-state index >= 15 is 0 Å². The number of aliphatic carboxylic acids is 1. The van der Waals surface area contributed by atoms with E-state index in [-0.39, 0.29) is 22.6 Å². The van der Waals surface area contributed by atoms with E-state index in [9.17, 15) is 18.0 Å². The molecule has 0 bridgehead atoms. The van der Waals surface area contributed by atoms with Gasteiger partial charge in [-0.1, -0.05) is 12.1 Å². The number of carbonyl (C=O) groups is 2. The molecule has 29 heavy (non-hydrogen) atoms. The Bertz CT molecular complexity index is 1050. The van der Waals surface area contributed by atoms with E-state index in [0.717, 1.165) is 12.3 Å². The minimum Gasteiger partial charge on any atom is -0.480 e. The first kappa shape index (κ1) is 21.9. The van der Waals surface area contributed by atoms with Crippen LogP contribution in [0.5, 0.6) is 11.5 Å². The molecule has 0 saturated carbocycles. The lowest BCUT2D eigenvalue weighted by atomic mass is 10.1. The first-order valence-corrected chi connectivity index (χ1v) is 10.1. The van der Waals surface area contributed by atoms with Crippen molar-refractivity contribution < 1.29 is 27.9 Å². The minimum absolute atomic E-state index is 0.00172. The summed E-state index contributed by atoms with van der Waals surface area (Å²) in [6.07, 6.45) is 1.10. The van der Waals surface area contributed by atoms with Crippen LogP contribution in [0.4, 0.5) is 0 Å². The van der Waals surface area contributed by atoms with E-state index in [4.69, 9.17) is 26.7 Å². The largest absolute Gasteiger partial charge is 0.480 e. The average Bonchev–Trinajstić information content (AvgIpc) is 2.62. The van der Waals surface area contributed by atoms with Crippen LogP contribution < -0.4 is 21.5 Å². The second kappa shape index (κ2) is 8.71. The maximum absolute atomic E-state index is 12.1. The number of carboxylic acids is 1. The average molecular weight is 420 g/mol. The third kappa shape index (κ3) is 6.02. The number of amides is 1. The number of nitrogens with one attached hydrogen (secondary N) is 2. The van der Waals surface area contributed by atoms with Gasteiger partial charge >= 0.3 is 5.97 Å². The highest BCUT2D eigenvalue weighted by molar-refractivity contribution is 7.90. The van der Waals surface area contributed by atoms with Crippen LogP contribution in [-0.2, 0) is 21.1 Å². The van der Waals surface area contributed by atoms with E-state index < -0.39 is 33.7 Å². The molecule has 2 aromatic rings. The smallest absolute Gasteiger partial charge is 0.320 e. The molecule has 0 aliphatic rings. The number of nitrogens with two attached hydrogens (primary N) is 2. The van der Waals surface area contributed by atoms with Gasteiger partial charge in [0.2, 0.25) is 0 Å². The number of carbonyl (C=O) groups excluding carboxylic acids is 1. The summed E-state index contributed by atoms with van der Waals surface area (Å²) in [6.45, 7) is 0. The van der Waals surface area contributed by atoms with Gasteiger partial charge in [-0.2, -0.15) is 0 Å². The van der Waals surface area contributed by atoms with E-state index in [2.05, 4.69) is 5.32 Å². The molecule has 1 atom stereocenters. The van der Waals surface area contributed by atoms with Crippen molar-refractivity contribution in [3.63, 3.8) is 0 Å². The summed E-state index contributed by atoms with van der Waals surface area (Å²) in [4.78, 5) is 22.6. The highest BCUT2D eigenvalue weighted by atomic mass is 32.2. The van der Waals surface area contributed by atoms with Gasteiger partial charge in [0.25, 0.3) is 5.91 Å². The van der Waals surface area contributed by atoms with Crippen molar-refractivity contribution >= 4 is 27.7 Å². The van der Waals surface area contributed by atoms with Gasteiger partial charge in [-0.3, -0.25) is 20.3 Å². The molecule has 0 heterocycles. The van der Waals surface area contributed by atoms with E-state index in [1.165, 1.54) is 12.1 Å². The topological polar surface area (TPSA) is 186 Å². The highest BCUT2D eigenvalue weighted by Crippen LogP contribution is 2.30. The van der Waals surface area contributed by atoms with Crippen LogP contribution in [0.25, 0.3) is 0 Å². The lowest BCUT2D eigenvalue weighted by Gasteiger charge is -2.13. The number of benzene rings is 2. The fourth-order valence-corrected chi connectivity index (χ4v) is 3.20. The summed E-state index contributed by atoms with van der Waals surface area (Å²) in [5.74, 6) is -2.10. The van der Waals surface area contributed by atoms with Crippen molar-refractivity contribution in [1.29, 1.82) is 5.41 Å². The fraction of sp³-hybridized carbons (Fsp3) is 0.167. The zero-order chi connectivity index (χ0) is 21.8. The molecule has 10 nitrogen and oxygen atoms in total. The van der Waals surface area contributed by atoms with Crippen LogP contribution >= 0.6 is 0 Å². The SMILES string of the molecule is CS(=O)(=O)c1cc(C(=O)NC(=N)N)ccc1Oc1ccc(C[C@H](N)C(=O)O)cc1. The molecule has 154 valence electrons. The Morgan fingerprint density at radius 2 is 1.83 bits per heavy atom.